The molecular weight excluding hydrogens is 162 g/mol. The first kappa shape index (κ1) is 10.4. The number of aliphatic imine (C=N–C) groups is 1. The lowest BCUT2D eigenvalue weighted by atomic mass is 9.75. The highest BCUT2D eigenvalue weighted by Gasteiger charge is 2.40. The minimum absolute atomic E-state index is 0.562. The molecule has 76 valence electrons. The number of rotatable bonds is 2. The highest BCUT2D eigenvalue weighted by molar-refractivity contribution is 5.80. The van der Waals surface area contributed by atoms with Gasteiger partial charge in [0.1, 0.15) is 0 Å². The summed E-state index contributed by atoms with van der Waals surface area (Å²) >= 11 is 0. The van der Waals surface area contributed by atoms with Crippen molar-refractivity contribution in [3.8, 4) is 0 Å². The Morgan fingerprint density at radius 1 is 1.38 bits per heavy atom. The van der Waals surface area contributed by atoms with Crippen LogP contribution in [0.1, 0.15) is 26.7 Å². The van der Waals surface area contributed by atoms with E-state index in [4.69, 9.17) is 0 Å². The maximum atomic E-state index is 4.19. The van der Waals surface area contributed by atoms with Gasteiger partial charge in [-0.2, -0.15) is 0 Å². The molecule has 0 spiro atoms. The summed E-state index contributed by atoms with van der Waals surface area (Å²) in [6.07, 6.45) is 2.56. The predicted octanol–water partition coefficient (Wildman–Crippen LogP) is 1.31. The zero-order valence-corrected chi connectivity index (χ0v) is 9.22. The lowest BCUT2D eigenvalue weighted by molar-refractivity contribution is 0.0477. The van der Waals surface area contributed by atoms with Gasteiger partial charge < -0.3 is 10.2 Å². The largest absolute Gasteiger partial charge is 0.359 e. The van der Waals surface area contributed by atoms with Gasteiger partial charge in [-0.3, -0.25) is 4.99 Å². The third kappa shape index (κ3) is 1.79. The lowest BCUT2D eigenvalue weighted by Gasteiger charge is -2.50. The average Bonchev–Trinajstić information content (AvgIpc) is 2.11. The van der Waals surface area contributed by atoms with Crippen molar-refractivity contribution >= 4 is 5.96 Å². The van der Waals surface area contributed by atoms with Crippen LogP contribution >= 0.6 is 0 Å². The quantitative estimate of drug-likeness (QED) is 0.516. The van der Waals surface area contributed by atoms with Crippen molar-refractivity contribution in [2.75, 3.05) is 27.2 Å². The summed E-state index contributed by atoms with van der Waals surface area (Å²) in [4.78, 5) is 6.51. The van der Waals surface area contributed by atoms with Gasteiger partial charge in [0.25, 0.3) is 0 Å². The molecule has 1 aliphatic heterocycles. The molecule has 0 atom stereocenters. The van der Waals surface area contributed by atoms with Crippen LogP contribution in [0, 0.1) is 5.41 Å². The van der Waals surface area contributed by atoms with Gasteiger partial charge in [-0.25, -0.2) is 0 Å². The van der Waals surface area contributed by atoms with Gasteiger partial charge in [0.2, 0.25) is 0 Å². The molecule has 0 aromatic carbocycles. The number of nitrogens with zero attached hydrogens (tertiary/aromatic N) is 2. The third-order valence-corrected chi connectivity index (χ3v) is 3.29. The Labute approximate surface area is 81.2 Å². The summed E-state index contributed by atoms with van der Waals surface area (Å²) in [5.41, 5.74) is 0.562. The first-order chi connectivity index (χ1) is 6.21. The van der Waals surface area contributed by atoms with Crippen LogP contribution < -0.4 is 5.32 Å². The second kappa shape index (κ2) is 3.99. The SMILES string of the molecule is CCC1(CC)CN(C(=NC)NC)C1. The van der Waals surface area contributed by atoms with E-state index >= 15 is 0 Å². The molecule has 0 bridgehead atoms. The van der Waals surface area contributed by atoms with Gasteiger partial charge in [-0.1, -0.05) is 13.8 Å². The average molecular weight is 183 g/mol. The van der Waals surface area contributed by atoms with E-state index in [0.29, 0.717) is 5.41 Å². The van der Waals surface area contributed by atoms with E-state index in [-0.39, 0.29) is 0 Å². The normalized spacial score (nSPS) is 21.2. The first-order valence-corrected chi connectivity index (χ1v) is 5.11. The molecule has 0 saturated carbocycles. The molecule has 0 aliphatic carbocycles. The summed E-state index contributed by atoms with van der Waals surface area (Å²) in [5, 5.41) is 3.12. The maximum Gasteiger partial charge on any atom is 0.193 e. The van der Waals surface area contributed by atoms with Crippen molar-refractivity contribution in [2.24, 2.45) is 10.4 Å². The van der Waals surface area contributed by atoms with E-state index < -0.39 is 0 Å². The van der Waals surface area contributed by atoms with Crippen LogP contribution in [0.25, 0.3) is 0 Å². The van der Waals surface area contributed by atoms with E-state index in [2.05, 4.69) is 29.1 Å². The molecule has 1 heterocycles. The van der Waals surface area contributed by atoms with Gasteiger partial charge in [0.15, 0.2) is 5.96 Å². The van der Waals surface area contributed by atoms with Gasteiger partial charge in [-0.15, -0.1) is 0 Å². The minimum Gasteiger partial charge on any atom is -0.359 e. The molecule has 0 unspecified atom stereocenters. The van der Waals surface area contributed by atoms with E-state index in [1.54, 1.807) is 0 Å². The Morgan fingerprint density at radius 2 is 1.92 bits per heavy atom. The van der Waals surface area contributed by atoms with E-state index in [0.717, 1.165) is 19.0 Å². The Morgan fingerprint density at radius 3 is 2.23 bits per heavy atom. The molecule has 1 aliphatic rings. The molecule has 0 aromatic heterocycles. The smallest absolute Gasteiger partial charge is 0.193 e. The second-order valence-electron chi connectivity index (χ2n) is 3.86. The Hall–Kier alpha value is -0.730. The number of likely N-dealkylation sites (tertiary alicyclic amines) is 1. The molecule has 0 amide bonds. The van der Waals surface area contributed by atoms with Crippen LogP contribution in [0.5, 0.6) is 0 Å². The Kier molecular flexibility index (Phi) is 3.17. The van der Waals surface area contributed by atoms with Crippen molar-refractivity contribution < 1.29 is 0 Å². The minimum atomic E-state index is 0.562. The fraction of sp³-hybridized carbons (Fsp3) is 0.900. The van der Waals surface area contributed by atoms with Crippen molar-refractivity contribution in [1.82, 2.24) is 10.2 Å². The van der Waals surface area contributed by atoms with Crippen molar-refractivity contribution in [3.63, 3.8) is 0 Å². The Balaban J connectivity index is 2.48. The van der Waals surface area contributed by atoms with Crippen LogP contribution in [0.3, 0.4) is 0 Å². The van der Waals surface area contributed by atoms with Crippen LogP contribution in [-0.4, -0.2) is 38.0 Å². The third-order valence-electron chi connectivity index (χ3n) is 3.29. The van der Waals surface area contributed by atoms with Crippen LogP contribution in [0.2, 0.25) is 0 Å². The first-order valence-electron chi connectivity index (χ1n) is 5.11. The molecular formula is C10H21N3. The monoisotopic (exact) mass is 183 g/mol. The highest BCUT2D eigenvalue weighted by Crippen LogP contribution is 2.36. The molecule has 1 saturated heterocycles. The zero-order valence-electron chi connectivity index (χ0n) is 9.22. The number of guanidine groups is 1. The van der Waals surface area contributed by atoms with Gasteiger partial charge in [-0.05, 0) is 12.8 Å². The summed E-state index contributed by atoms with van der Waals surface area (Å²) < 4.78 is 0. The number of nitrogens with one attached hydrogen (secondary N) is 1. The van der Waals surface area contributed by atoms with E-state index in [1.165, 1.54) is 12.8 Å². The zero-order chi connectivity index (χ0) is 9.90. The topological polar surface area (TPSA) is 27.6 Å². The molecule has 1 rings (SSSR count). The van der Waals surface area contributed by atoms with E-state index in [1.807, 2.05) is 14.1 Å². The maximum absolute atomic E-state index is 4.19. The van der Waals surface area contributed by atoms with E-state index in [9.17, 15) is 0 Å². The molecule has 3 nitrogen and oxygen atoms in total. The van der Waals surface area contributed by atoms with Crippen molar-refractivity contribution in [1.29, 1.82) is 0 Å². The molecule has 0 radical (unpaired) electrons. The highest BCUT2D eigenvalue weighted by atomic mass is 15.3. The number of hydrogen-bond donors (Lipinski definition) is 1. The Bertz CT molecular complexity index is 186. The van der Waals surface area contributed by atoms with Gasteiger partial charge in [0.05, 0.1) is 0 Å². The van der Waals surface area contributed by atoms with Gasteiger partial charge >= 0.3 is 0 Å². The standard InChI is InChI=1S/C10H21N3/c1-5-10(6-2)7-13(8-10)9(11-3)12-4/h5-8H2,1-4H3,(H,11,12). The summed E-state index contributed by atoms with van der Waals surface area (Å²) in [7, 11) is 3.77. The van der Waals surface area contributed by atoms with Crippen molar-refractivity contribution in [3.05, 3.63) is 0 Å². The second-order valence-corrected chi connectivity index (χ2v) is 3.86. The lowest BCUT2D eigenvalue weighted by Crippen LogP contribution is -2.60. The molecule has 1 N–H and O–H groups in total. The molecule has 3 heteroatoms. The summed E-state index contributed by atoms with van der Waals surface area (Å²) in [5.74, 6) is 1.03. The fourth-order valence-corrected chi connectivity index (χ4v) is 2.02. The predicted molar refractivity (Wildman–Crippen MR) is 57.0 cm³/mol. The van der Waals surface area contributed by atoms with Crippen LogP contribution in [-0.2, 0) is 0 Å². The molecule has 1 fully saturated rings. The summed E-state index contributed by atoms with van der Waals surface area (Å²) in [6.45, 7) is 6.88. The number of hydrogen-bond acceptors (Lipinski definition) is 1. The molecule has 13 heavy (non-hydrogen) atoms. The fourth-order valence-electron chi connectivity index (χ4n) is 2.02. The van der Waals surface area contributed by atoms with Crippen molar-refractivity contribution in [2.45, 2.75) is 26.7 Å². The van der Waals surface area contributed by atoms with Crippen LogP contribution in [0.4, 0.5) is 0 Å². The molecule has 0 aromatic rings. The van der Waals surface area contributed by atoms with Gasteiger partial charge in [0, 0.05) is 32.6 Å². The summed E-state index contributed by atoms with van der Waals surface area (Å²) in [6, 6.07) is 0. The van der Waals surface area contributed by atoms with Crippen LogP contribution in [0.15, 0.2) is 4.99 Å².